The van der Waals surface area contributed by atoms with Crippen molar-refractivity contribution >= 4 is 55.8 Å². The Bertz CT molecular complexity index is 1680. The van der Waals surface area contributed by atoms with Gasteiger partial charge in [-0.25, -0.2) is 4.98 Å². The molecular weight excluding hydrogens is 681 g/mol. The Labute approximate surface area is 340 Å². The first kappa shape index (κ1) is 39.7. The molecule has 2 aliphatic rings. The van der Waals surface area contributed by atoms with E-state index in [0.717, 1.165) is 22.7 Å². The van der Waals surface area contributed by atoms with Crippen LogP contribution in [0.5, 0.6) is 0 Å². The maximum absolute atomic E-state index is 12.0. The minimum atomic E-state index is -0.507. The number of aromatic amines is 2. The maximum atomic E-state index is 12.0. The van der Waals surface area contributed by atoms with E-state index in [0.29, 0.717) is 41.9 Å². The van der Waals surface area contributed by atoms with Gasteiger partial charge in [-0.1, -0.05) is 22.7 Å². The van der Waals surface area contributed by atoms with Crippen LogP contribution in [0.1, 0.15) is 45.4 Å². The molecule has 0 unspecified atom stereocenters. The molecule has 2 fully saturated rings. The normalized spacial score (nSPS) is 20.5. The monoisotopic (exact) mass is 707 g/mol. The van der Waals surface area contributed by atoms with Crippen molar-refractivity contribution in [3.63, 3.8) is 0 Å². The minimum Gasteiger partial charge on any atom is -1.00 e. The number of nitrogen functional groups attached to an aromatic ring is 1. The fraction of sp³-hybridized carbons (Fsp3) is 0.500. The number of anilines is 1. The van der Waals surface area contributed by atoms with Crippen molar-refractivity contribution in [1.82, 2.24) is 29.1 Å². The van der Waals surface area contributed by atoms with E-state index < -0.39 is 18.0 Å². The number of aliphatic hydroxyl groups is 2. The summed E-state index contributed by atoms with van der Waals surface area (Å²) in [6, 6.07) is 0. The van der Waals surface area contributed by atoms with Crippen LogP contribution in [0, 0.1) is 6.92 Å². The topological polar surface area (TPSA) is 270 Å². The maximum Gasteiger partial charge on any atom is 1.00 e. The Morgan fingerprint density at radius 2 is 1.36 bits per heavy atom. The van der Waals surface area contributed by atoms with Crippen LogP contribution in [0.25, 0.3) is 20.7 Å². The van der Waals surface area contributed by atoms with E-state index in [-0.39, 0.29) is 168 Å². The molecule has 6 rings (SSSR count). The molecule has 2 saturated heterocycles. The van der Waals surface area contributed by atoms with Gasteiger partial charge in [0.25, 0.3) is 17.6 Å². The molecule has 18 nitrogen and oxygen atoms in total. The fourth-order valence-corrected chi connectivity index (χ4v) is 6.23. The number of aryl methyl sites for hydroxylation is 1. The molecule has 4 atom stereocenters. The third-order valence-electron chi connectivity index (χ3n) is 6.28. The minimum absolute atomic E-state index is 0. The van der Waals surface area contributed by atoms with Crippen molar-refractivity contribution in [3.8, 4) is 0 Å². The van der Waals surface area contributed by atoms with E-state index in [1.165, 1.54) is 9.13 Å². The summed E-state index contributed by atoms with van der Waals surface area (Å²) in [5, 5.41) is 26.6. The summed E-state index contributed by atoms with van der Waals surface area (Å²) in [4.78, 5) is 71.3. The Balaban J connectivity index is 0.000000380. The van der Waals surface area contributed by atoms with E-state index in [1.54, 1.807) is 6.92 Å². The molecule has 230 valence electrons. The first-order valence-electron chi connectivity index (χ1n) is 12.4. The van der Waals surface area contributed by atoms with Gasteiger partial charge in [0.2, 0.25) is 5.95 Å². The second kappa shape index (κ2) is 18.1. The van der Waals surface area contributed by atoms with Crippen molar-refractivity contribution in [2.45, 2.75) is 57.3 Å². The number of fused-ring (bicyclic) bond motifs is 2. The number of nitrogens with zero attached hydrogens (tertiary/aromatic N) is 4. The zero-order valence-electron chi connectivity index (χ0n) is 24.9. The zero-order chi connectivity index (χ0) is 30.6. The third-order valence-corrected chi connectivity index (χ3v) is 8.16. The number of hydrogen-bond acceptors (Lipinski definition) is 16. The molecule has 0 radical (unpaired) electrons. The van der Waals surface area contributed by atoms with Gasteiger partial charge in [-0.3, -0.25) is 38.1 Å². The van der Waals surface area contributed by atoms with E-state index in [2.05, 4.69) is 24.8 Å². The number of H-pyrrole nitrogens is 2. The van der Waals surface area contributed by atoms with Gasteiger partial charge < -0.3 is 42.0 Å². The van der Waals surface area contributed by atoms with Crippen LogP contribution in [0.2, 0.25) is 0 Å². The number of ether oxygens (including phenoxy) is 2. The predicted octanol–water partition coefficient (Wildman–Crippen LogP) is -7.92. The number of aromatic nitrogens is 6. The SMILES string of the molecule is Cc1nc2c(sc(=O)n2[C@H]2CC[C@@H](CO)O2)c(=O)[nH]1.Nc1nc2c(sc(=O)n2[C@H]2CC[C@@H](CO)O2)c(=O)[nH]1.O=CO[O-].[H-].[K+].[K+]. The summed E-state index contributed by atoms with van der Waals surface area (Å²) >= 11 is 1.68. The van der Waals surface area contributed by atoms with E-state index >= 15 is 0 Å². The average Bonchev–Trinajstić information content (AvgIpc) is 3.74. The summed E-state index contributed by atoms with van der Waals surface area (Å²) in [6.45, 7) is 1.32. The molecule has 0 bridgehead atoms. The predicted molar refractivity (Wildman–Crippen MR) is 147 cm³/mol. The van der Waals surface area contributed by atoms with Gasteiger partial charge in [-0.2, -0.15) is 4.98 Å². The molecule has 44 heavy (non-hydrogen) atoms. The van der Waals surface area contributed by atoms with Crippen molar-refractivity contribution < 1.29 is 139 Å². The summed E-state index contributed by atoms with van der Waals surface area (Å²) in [7, 11) is 0. The first-order chi connectivity index (χ1) is 20.1. The Morgan fingerprint density at radius 1 is 0.932 bits per heavy atom. The Hall–Kier alpha value is -0.517. The van der Waals surface area contributed by atoms with Gasteiger partial charge >= 0.3 is 113 Å². The van der Waals surface area contributed by atoms with Crippen LogP contribution in [-0.4, -0.2) is 71.2 Å². The Morgan fingerprint density at radius 3 is 1.77 bits per heavy atom. The van der Waals surface area contributed by atoms with Gasteiger partial charge in [-0.05, 0) is 32.6 Å². The molecule has 2 aliphatic heterocycles. The quantitative estimate of drug-likeness (QED) is 0.0558. The van der Waals surface area contributed by atoms with Crippen LogP contribution >= 0.6 is 22.7 Å². The summed E-state index contributed by atoms with van der Waals surface area (Å²) in [5.41, 5.74) is 5.36. The number of nitrogens with one attached hydrogen (secondary N) is 2. The second-order valence-electron chi connectivity index (χ2n) is 9.02. The molecule has 4 aromatic heterocycles. The number of carbonyl (C=O) groups is 1. The van der Waals surface area contributed by atoms with E-state index in [4.69, 9.17) is 35.5 Å². The number of nitrogens with two attached hydrogens (primary N) is 1. The smallest absolute Gasteiger partial charge is 1.00 e. The molecule has 6 heterocycles. The first-order valence-corrected chi connectivity index (χ1v) is 14.0. The summed E-state index contributed by atoms with van der Waals surface area (Å²) in [6.07, 6.45) is 1.06. The zero-order valence-corrected chi connectivity index (χ0v) is 31.8. The van der Waals surface area contributed by atoms with Gasteiger partial charge in [0.05, 0.1) is 25.4 Å². The largest absolute Gasteiger partial charge is 1.00 e. The number of aliphatic hydroxyl groups excluding tert-OH is 2. The van der Waals surface area contributed by atoms with Crippen LogP contribution in [0.15, 0.2) is 19.2 Å². The van der Waals surface area contributed by atoms with Crippen molar-refractivity contribution in [2.24, 2.45) is 0 Å². The molecule has 0 saturated carbocycles. The molecule has 0 aliphatic carbocycles. The number of carbonyl (C=O) groups excluding carboxylic acids is 1. The molecule has 0 amide bonds. The molecule has 4 aromatic rings. The van der Waals surface area contributed by atoms with Gasteiger partial charge in [0.15, 0.2) is 11.3 Å². The van der Waals surface area contributed by atoms with Gasteiger partial charge in [-0.15, -0.1) is 0 Å². The second-order valence-corrected chi connectivity index (χ2v) is 10.9. The van der Waals surface area contributed by atoms with Gasteiger partial charge in [0.1, 0.15) is 27.7 Å². The molecular formula is C22H27K2N7O11S2. The number of thiazole rings is 2. The average molecular weight is 708 g/mol. The molecule has 0 aromatic carbocycles. The summed E-state index contributed by atoms with van der Waals surface area (Å²) in [5.74, 6) is 0.418. The third kappa shape index (κ3) is 9.09. The number of rotatable bonds is 5. The fourth-order valence-electron chi connectivity index (χ4n) is 4.51. The van der Waals surface area contributed by atoms with Crippen molar-refractivity contribution in [1.29, 1.82) is 0 Å². The van der Waals surface area contributed by atoms with Crippen molar-refractivity contribution in [2.75, 3.05) is 18.9 Å². The van der Waals surface area contributed by atoms with Crippen LogP contribution < -0.4 is 135 Å². The molecule has 22 heteroatoms. The molecule has 6 N–H and O–H groups in total. The molecule has 0 spiro atoms. The van der Waals surface area contributed by atoms with E-state index in [1.807, 2.05) is 0 Å². The number of hydrogen-bond donors (Lipinski definition) is 5. The standard InChI is InChI=1S/C11H13N3O4S.C10H12N4O4S.CH2O3.2K.H/c1-5-12-9-8(10(16)13-5)19-11(17)14(9)7-3-2-6(4-15)18-7;11-9-12-7-6(8(16)13-9)19-10(17)14(7)5-2-1-4(3-15)18-5;2-1-4-3;;;/h6-7,15H,2-4H2,1H3,(H,12,13,16);4-5,15H,1-3H2,(H3,11,12,13,16);1,3H;;;/q;;;2*+1;-1/p-1/t6-,7+;4-,5+;;;;/m00..../s1. The Kier molecular flexibility index (Phi) is 16.4. The summed E-state index contributed by atoms with van der Waals surface area (Å²) < 4.78 is 14.4. The van der Waals surface area contributed by atoms with Crippen LogP contribution in [0.3, 0.4) is 0 Å². The van der Waals surface area contributed by atoms with Crippen molar-refractivity contribution in [3.05, 3.63) is 45.9 Å². The van der Waals surface area contributed by atoms with Gasteiger partial charge in [0, 0.05) is 0 Å². The van der Waals surface area contributed by atoms with Crippen LogP contribution in [0.4, 0.5) is 5.95 Å². The van der Waals surface area contributed by atoms with Crippen LogP contribution in [-0.2, 0) is 19.2 Å². The van der Waals surface area contributed by atoms with E-state index in [9.17, 15) is 19.2 Å².